The van der Waals surface area contributed by atoms with Gasteiger partial charge < -0.3 is 10.3 Å². The number of allylic oxidation sites excluding steroid dienone is 3. The zero-order valence-electron chi connectivity index (χ0n) is 13.4. The maximum Gasteiger partial charge on any atom is 0.0732 e. The van der Waals surface area contributed by atoms with Gasteiger partial charge in [0.2, 0.25) is 0 Å². The average Bonchev–Trinajstić information content (AvgIpc) is 2.75. The first-order valence-corrected chi connectivity index (χ1v) is 8.05. The van der Waals surface area contributed by atoms with E-state index in [2.05, 4.69) is 67.2 Å². The zero-order chi connectivity index (χ0) is 15.5. The van der Waals surface area contributed by atoms with Crippen LogP contribution in [0.5, 0.6) is 0 Å². The first-order chi connectivity index (χ1) is 10.8. The maximum atomic E-state index is 3.87. The second-order valence-corrected chi connectivity index (χ2v) is 5.91. The minimum atomic E-state index is 0.207. The summed E-state index contributed by atoms with van der Waals surface area (Å²) in [4.78, 5) is 3.70. The van der Waals surface area contributed by atoms with Gasteiger partial charge in [0.25, 0.3) is 0 Å². The van der Waals surface area contributed by atoms with Crippen LogP contribution in [0.1, 0.15) is 36.2 Å². The van der Waals surface area contributed by atoms with Gasteiger partial charge in [-0.3, -0.25) is 0 Å². The summed E-state index contributed by atoms with van der Waals surface area (Å²) in [6.45, 7) is 9.13. The van der Waals surface area contributed by atoms with Crippen molar-refractivity contribution in [2.24, 2.45) is 0 Å². The van der Waals surface area contributed by atoms with E-state index in [1.54, 1.807) is 0 Å². The van der Waals surface area contributed by atoms with Gasteiger partial charge in [-0.25, -0.2) is 0 Å². The molecule has 2 heterocycles. The molecule has 0 fully saturated rings. The summed E-state index contributed by atoms with van der Waals surface area (Å²) in [7, 11) is 0. The Morgan fingerprint density at radius 2 is 2.23 bits per heavy atom. The van der Waals surface area contributed by atoms with Crippen LogP contribution in [0, 0.1) is 6.92 Å². The Labute approximate surface area is 132 Å². The molecule has 1 unspecified atom stereocenters. The van der Waals surface area contributed by atoms with Gasteiger partial charge in [0.05, 0.1) is 6.04 Å². The van der Waals surface area contributed by atoms with E-state index >= 15 is 0 Å². The zero-order valence-corrected chi connectivity index (χ0v) is 13.4. The number of rotatable bonds is 3. The number of hydrogen-bond acceptors (Lipinski definition) is 1. The summed E-state index contributed by atoms with van der Waals surface area (Å²) in [6.07, 6.45) is 10.5. The van der Waals surface area contributed by atoms with Crippen LogP contribution in [0.3, 0.4) is 0 Å². The molecule has 1 aromatic carbocycles. The lowest BCUT2D eigenvalue weighted by atomic mass is 9.98. The third kappa shape index (κ3) is 2.55. The Bertz CT molecular complexity index is 746. The smallest absolute Gasteiger partial charge is 0.0732 e. The molecule has 2 N–H and O–H groups in total. The predicted octanol–water partition coefficient (Wildman–Crippen LogP) is 4.74. The standard InChI is InChI=1S/C20H24N2/c1-4-8-15(9-5-2)19-20-17(12-7-13-21-19)16-11-6-10-14(3)18(16)22-20/h4-6,8-11,19,21-22H,1,7,12-13H2,2-3H3/b9-5-,15-8+. The summed E-state index contributed by atoms with van der Waals surface area (Å²) in [5.41, 5.74) is 6.62. The normalized spacial score (nSPS) is 19.4. The molecule has 1 atom stereocenters. The average molecular weight is 292 g/mol. The predicted molar refractivity (Wildman–Crippen MR) is 95.2 cm³/mol. The van der Waals surface area contributed by atoms with Gasteiger partial charge in [-0.05, 0) is 49.9 Å². The monoisotopic (exact) mass is 292 g/mol. The Kier molecular flexibility index (Phi) is 4.30. The van der Waals surface area contributed by atoms with Crippen molar-refractivity contribution in [2.75, 3.05) is 6.54 Å². The van der Waals surface area contributed by atoms with Crippen molar-refractivity contribution in [3.05, 3.63) is 71.5 Å². The topological polar surface area (TPSA) is 27.8 Å². The lowest BCUT2D eigenvalue weighted by Crippen LogP contribution is -2.22. The molecule has 0 bridgehead atoms. The van der Waals surface area contributed by atoms with Crippen molar-refractivity contribution in [1.82, 2.24) is 10.3 Å². The molecule has 0 saturated carbocycles. The van der Waals surface area contributed by atoms with E-state index in [4.69, 9.17) is 0 Å². The van der Waals surface area contributed by atoms with Crippen LogP contribution in [0.25, 0.3) is 10.9 Å². The number of H-pyrrole nitrogens is 1. The van der Waals surface area contributed by atoms with E-state index in [0.29, 0.717) is 0 Å². The summed E-state index contributed by atoms with van der Waals surface area (Å²) in [5, 5.41) is 5.07. The van der Waals surface area contributed by atoms with Gasteiger partial charge in [0.1, 0.15) is 0 Å². The molecule has 3 rings (SSSR count). The number of aromatic amines is 1. The summed E-state index contributed by atoms with van der Waals surface area (Å²) in [6, 6.07) is 6.78. The van der Waals surface area contributed by atoms with Crippen LogP contribution in [-0.2, 0) is 6.42 Å². The minimum Gasteiger partial charge on any atom is -0.356 e. The van der Waals surface area contributed by atoms with E-state index in [1.165, 1.54) is 39.7 Å². The molecule has 2 nitrogen and oxygen atoms in total. The fraction of sp³-hybridized carbons (Fsp3) is 0.300. The van der Waals surface area contributed by atoms with Crippen molar-refractivity contribution in [2.45, 2.75) is 32.7 Å². The molecule has 0 spiro atoms. The lowest BCUT2D eigenvalue weighted by Gasteiger charge is -2.18. The Balaban J connectivity index is 2.20. The van der Waals surface area contributed by atoms with E-state index < -0.39 is 0 Å². The van der Waals surface area contributed by atoms with Crippen molar-refractivity contribution in [3.8, 4) is 0 Å². The highest BCUT2D eigenvalue weighted by atomic mass is 15.0. The van der Waals surface area contributed by atoms with Crippen LogP contribution in [0.15, 0.2) is 54.7 Å². The first kappa shape index (κ1) is 14.9. The van der Waals surface area contributed by atoms with E-state index in [-0.39, 0.29) is 6.04 Å². The quantitative estimate of drug-likeness (QED) is 0.786. The number of aromatic nitrogens is 1. The molecule has 0 amide bonds. The number of para-hydroxylation sites is 1. The highest BCUT2D eigenvalue weighted by molar-refractivity contribution is 5.87. The highest BCUT2D eigenvalue weighted by Crippen LogP contribution is 2.34. The third-order valence-electron chi connectivity index (χ3n) is 4.43. The molecule has 22 heavy (non-hydrogen) atoms. The summed E-state index contributed by atoms with van der Waals surface area (Å²) in [5.74, 6) is 0. The van der Waals surface area contributed by atoms with Crippen molar-refractivity contribution < 1.29 is 0 Å². The Morgan fingerprint density at radius 1 is 1.36 bits per heavy atom. The maximum absolute atomic E-state index is 3.87. The van der Waals surface area contributed by atoms with Gasteiger partial charge in [0.15, 0.2) is 0 Å². The summed E-state index contributed by atoms with van der Waals surface area (Å²) < 4.78 is 0. The number of aryl methyl sites for hydroxylation is 2. The number of hydrogen-bond donors (Lipinski definition) is 2. The molecule has 0 aliphatic carbocycles. The van der Waals surface area contributed by atoms with E-state index in [9.17, 15) is 0 Å². The number of fused-ring (bicyclic) bond motifs is 3. The second kappa shape index (κ2) is 6.37. The van der Waals surface area contributed by atoms with Gasteiger partial charge in [-0.1, -0.05) is 49.1 Å². The van der Waals surface area contributed by atoms with Crippen LogP contribution in [0.4, 0.5) is 0 Å². The molecule has 2 aromatic rings. The molecule has 0 radical (unpaired) electrons. The summed E-state index contributed by atoms with van der Waals surface area (Å²) >= 11 is 0. The van der Waals surface area contributed by atoms with E-state index in [1.807, 2.05) is 6.08 Å². The van der Waals surface area contributed by atoms with Crippen molar-refractivity contribution >= 4 is 10.9 Å². The SMILES string of the molecule is C=C/C=C(\C=C/C)C1NCCCc2c1[nH]c1c(C)cccc21. The molecule has 2 heteroatoms. The molecule has 1 aliphatic rings. The molecule has 114 valence electrons. The van der Waals surface area contributed by atoms with Gasteiger partial charge in [-0.2, -0.15) is 0 Å². The number of nitrogens with one attached hydrogen (secondary N) is 2. The first-order valence-electron chi connectivity index (χ1n) is 8.05. The molecule has 1 aromatic heterocycles. The van der Waals surface area contributed by atoms with Crippen LogP contribution in [-0.4, -0.2) is 11.5 Å². The van der Waals surface area contributed by atoms with Crippen LogP contribution < -0.4 is 5.32 Å². The fourth-order valence-electron chi connectivity index (χ4n) is 3.43. The van der Waals surface area contributed by atoms with E-state index in [0.717, 1.165) is 13.0 Å². The molecule has 1 aliphatic heterocycles. The Hall–Kier alpha value is -2.06. The third-order valence-corrected chi connectivity index (χ3v) is 4.43. The minimum absolute atomic E-state index is 0.207. The van der Waals surface area contributed by atoms with Crippen LogP contribution >= 0.6 is 0 Å². The highest BCUT2D eigenvalue weighted by Gasteiger charge is 2.24. The fourth-order valence-corrected chi connectivity index (χ4v) is 3.43. The van der Waals surface area contributed by atoms with Crippen LogP contribution in [0.2, 0.25) is 0 Å². The van der Waals surface area contributed by atoms with Crippen molar-refractivity contribution in [1.29, 1.82) is 0 Å². The lowest BCUT2D eigenvalue weighted by molar-refractivity contribution is 0.600. The molecular weight excluding hydrogens is 268 g/mol. The molecular formula is C20H24N2. The Morgan fingerprint density at radius 3 is 3.00 bits per heavy atom. The largest absolute Gasteiger partial charge is 0.356 e. The number of benzene rings is 1. The van der Waals surface area contributed by atoms with Gasteiger partial charge >= 0.3 is 0 Å². The van der Waals surface area contributed by atoms with Crippen molar-refractivity contribution in [3.63, 3.8) is 0 Å². The van der Waals surface area contributed by atoms with Gasteiger partial charge in [0, 0.05) is 16.6 Å². The second-order valence-electron chi connectivity index (χ2n) is 5.91. The van der Waals surface area contributed by atoms with Gasteiger partial charge in [-0.15, -0.1) is 0 Å². The molecule has 0 saturated heterocycles.